The van der Waals surface area contributed by atoms with E-state index in [0.717, 1.165) is 5.56 Å². The third kappa shape index (κ3) is 2.63. The number of nitrogens with zero attached hydrogens (tertiary/aromatic N) is 1. The Morgan fingerprint density at radius 3 is 2.40 bits per heavy atom. The first kappa shape index (κ1) is 14.8. The van der Waals surface area contributed by atoms with E-state index in [9.17, 15) is 22.4 Å². The van der Waals surface area contributed by atoms with Crippen LogP contribution in [0.5, 0.6) is 0 Å². The van der Waals surface area contributed by atoms with Crippen LogP contribution in [0.2, 0.25) is 0 Å². The molecule has 0 unspecified atom stereocenters. The molecule has 0 aromatic heterocycles. The topological polar surface area (TPSA) is 46.3 Å². The van der Waals surface area contributed by atoms with Crippen LogP contribution in [0, 0.1) is 0 Å². The van der Waals surface area contributed by atoms with Gasteiger partial charge in [0.2, 0.25) is 0 Å². The lowest BCUT2D eigenvalue weighted by atomic mass is 9.95. The number of halogens is 4. The van der Waals surface area contributed by atoms with E-state index in [2.05, 4.69) is 0 Å². The van der Waals surface area contributed by atoms with Gasteiger partial charge in [-0.15, -0.1) is 0 Å². The highest BCUT2D eigenvalue weighted by atomic mass is 19.3. The minimum absolute atomic E-state index is 0.0771. The summed E-state index contributed by atoms with van der Waals surface area (Å²) in [5.74, 6) is -6.85. The molecule has 7 heteroatoms. The van der Waals surface area contributed by atoms with Crippen LogP contribution in [0.15, 0.2) is 30.3 Å². The van der Waals surface area contributed by atoms with Crippen LogP contribution in [-0.4, -0.2) is 42.3 Å². The lowest BCUT2D eigenvalue weighted by Gasteiger charge is -2.22. The van der Waals surface area contributed by atoms with E-state index in [1.54, 1.807) is 30.3 Å². The summed E-state index contributed by atoms with van der Waals surface area (Å²) in [6.45, 7) is -0.229. The Hall–Kier alpha value is -1.63. The second kappa shape index (κ2) is 5.40. The van der Waals surface area contributed by atoms with Crippen molar-refractivity contribution in [1.29, 1.82) is 0 Å². The van der Waals surface area contributed by atoms with E-state index in [0.29, 0.717) is 4.90 Å². The molecule has 2 atom stereocenters. The zero-order chi connectivity index (χ0) is 14.9. The Balaban J connectivity index is 2.13. The standard InChI is InChI=1S/C13H14F4N2O/c14-11(15)13(16,17)12(20)19-6-9(10(18)7-19)8-4-2-1-3-5-8/h1-5,9-11H,6-7,18H2/t9-,10+/m0/s1. The number of carbonyl (C=O) groups is 1. The summed E-state index contributed by atoms with van der Waals surface area (Å²) in [6, 6.07) is 8.31. The van der Waals surface area contributed by atoms with Crippen LogP contribution in [0.25, 0.3) is 0 Å². The highest BCUT2D eigenvalue weighted by molar-refractivity contribution is 5.84. The Labute approximate surface area is 113 Å². The van der Waals surface area contributed by atoms with E-state index in [1.807, 2.05) is 0 Å². The number of benzene rings is 1. The highest BCUT2D eigenvalue weighted by Gasteiger charge is 2.53. The van der Waals surface area contributed by atoms with Crippen LogP contribution in [0.4, 0.5) is 17.6 Å². The van der Waals surface area contributed by atoms with Gasteiger partial charge in [-0.1, -0.05) is 30.3 Å². The maximum absolute atomic E-state index is 13.1. The molecule has 1 fully saturated rings. The quantitative estimate of drug-likeness (QED) is 0.863. The number of rotatable bonds is 3. The first-order chi connectivity index (χ1) is 9.34. The van der Waals surface area contributed by atoms with Gasteiger partial charge in [0.1, 0.15) is 0 Å². The number of hydrogen-bond acceptors (Lipinski definition) is 2. The molecule has 1 aromatic rings. The zero-order valence-electron chi connectivity index (χ0n) is 10.5. The molecule has 20 heavy (non-hydrogen) atoms. The van der Waals surface area contributed by atoms with Crippen molar-refractivity contribution in [3.8, 4) is 0 Å². The lowest BCUT2D eigenvalue weighted by Crippen LogP contribution is -2.47. The number of carbonyl (C=O) groups excluding carboxylic acids is 1. The van der Waals surface area contributed by atoms with Crippen molar-refractivity contribution in [2.24, 2.45) is 5.73 Å². The van der Waals surface area contributed by atoms with Crippen LogP contribution in [0.1, 0.15) is 11.5 Å². The van der Waals surface area contributed by atoms with Crippen LogP contribution in [-0.2, 0) is 4.79 Å². The highest BCUT2D eigenvalue weighted by Crippen LogP contribution is 2.31. The predicted molar refractivity (Wildman–Crippen MR) is 64.7 cm³/mol. The minimum atomic E-state index is -4.66. The number of alkyl halides is 4. The first-order valence-corrected chi connectivity index (χ1v) is 6.10. The summed E-state index contributed by atoms with van der Waals surface area (Å²) in [6.07, 6.45) is -4.01. The number of likely N-dealkylation sites (tertiary alicyclic amines) is 1. The van der Waals surface area contributed by atoms with E-state index < -0.39 is 24.3 Å². The van der Waals surface area contributed by atoms with E-state index in [-0.39, 0.29) is 19.0 Å². The SMILES string of the molecule is N[C@@H]1CN(C(=O)C(F)(F)C(F)F)C[C@H]1c1ccccc1. The lowest BCUT2D eigenvalue weighted by molar-refractivity contribution is -0.179. The number of hydrogen-bond donors (Lipinski definition) is 1. The molecule has 0 spiro atoms. The number of nitrogens with two attached hydrogens (primary N) is 1. The van der Waals surface area contributed by atoms with Crippen LogP contribution in [0.3, 0.4) is 0 Å². The first-order valence-electron chi connectivity index (χ1n) is 6.10. The summed E-state index contributed by atoms with van der Waals surface area (Å²) in [5.41, 5.74) is 6.63. The molecular weight excluding hydrogens is 276 g/mol. The fourth-order valence-electron chi connectivity index (χ4n) is 2.35. The Kier molecular flexibility index (Phi) is 3.99. The van der Waals surface area contributed by atoms with Gasteiger partial charge in [0.05, 0.1) is 0 Å². The van der Waals surface area contributed by atoms with Gasteiger partial charge in [-0.25, -0.2) is 8.78 Å². The van der Waals surface area contributed by atoms with Crippen LogP contribution < -0.4 is 5.73 Å². The molecule has 110 valence electrons. The molecule has 2 N–H and O–H groups in total. The Morgan fingerprint density at radius 2 is 1.85 bits per heavy atom. The van der Waals surface area contributed by atoms with Gasteiger partial charge in [-0.2, -0.15) is 8.78 Å². The van der Waals surface area contributed by atoms with Gasteiger partial charge in [-0.05, 0) is 5.56 Å². The molecule has 1 aliphatic heterocycles. The zero-order valence-corrected chi connectivity index (χ0v) is 10.5. The molecule has 1 heterocycles. The third-order valence-electron chi connectivity index (χ3n) is 3.44. The van der Waals surface area contributed by atoms with Crippen molar-refractivity contribution >= 4 is 5.91 Å². The van der Waals surface area contributed by atoms with Gasteiger partial charge < -0.3 is 10.6 Å². The maximum atomic E-state index is 13.1. The molecule has 1 saturated heterocycles. The van der Waals surface area contributed by atoms with Crippen molar-refractivity contribution in [1.82, 2.24) is 4.90 Å². The molecule has 0 radical (unpaired) electrons. The Bertz CT molecular complexity index is 481. The molecule has 1 aliphatic rings. The fraction of sp³-hybridized carbons (Fsp3) is 0.462. The molecule has 3 nitrogen and oxygen atoms in total. The van der Waals surface area contributed by atoms with E-state index >= 15 is 0 Å². The molecule has 0 aliphatic carbocycles. The molecule has 0 saturated carbocycles. The molecule has 0 bridgehead atoms. The summed E-state index contributed by atoms with van der Waals surface area (Å²) in [4.78, 5) is 12.2. The number of amides is 1. The third-order valence-corrected chi connectivity index (χ3v) is 3.44. The van der Waals surface area contributed by atoms with E-state index in [4.69, 9.17) is 5.73 Å². The smallest absolute Gasteiger partial charge is 0.335 e. The van der Waals surface area contributed by atoms with Gasteiger partial charge >= 0.3 is 12.3 Å². The normalized spacial score (nSPS) is 23.4. The summed E-state index contributed by atoms with van der Waals surface area (Å²) in [7, 11) is 0. The van der Waals surface area contributed by atoms with Crippen molar-refractivity contribution in [2.75, 3.05) is 13.1 Å². The molecule has 1 amide bonds. The molecule has 1 aromatic carbocycles. The maximum Gasteiger partial charge on any atom is 0.383 e. The van der Waals surface area contributed by atoms with Gasteiger partial charge in [-0.3, -0.25) is 4.79 Å². The minimum Gasteiger partial charge on any atom is -0.335 e. The second-order valence-electron chi connectivity index (χ2n) is 4.81. The monoisotopic (exact) mass is 290 g/mol. The average molecular weight is 290 g/mol. The second-order valence-corrected chi connectivity index (χ2v) is 4.81. The van der Waals surface area contributed by atoms with Gasteiger partial charge in [0.15, 0.2) is 0 Å². The summed E-state index contributed by atoms with van der Waals surface area (Å²) in [5, 5.41) is 0. The van der Waals surface area contributed by atoms with Crippen molar-refractivity contribution in [3.05, 3.63) is 35.9 Å². The Morgan fingerprint density at radius 1 is 1.25 bits per heavy atom. The fourth-order valence-corrected chi connectivity index (χ4v) is 2.35. The van der Waals surface area contributed by atoms with Gasteiger partial charge in [0.25, 0.3) is 5.91 Å². The van der Waals surface area contributed by atoms with Crippen LogP contribution >= 0.6 is 0 Å². The molecule has 2 rings (SSSR count). The van der Waals surface area contributed by atoms with Crippen molar-refractivity contribution in [3.63, 3.8) is 0 Å². The predicted octanol–water partition coefficient (Wildman–Crippen LogP) is 1.84. The van der Waals surface area contributed by atoms with E-state index in [1.165, 1.54) is 0 Å². The largest absolute Gasteiger partial charge is 0.383 e. The van der Waals surface area contributed by atoms with Crippen molar-refractivity contribution < 1.29 is 22.4 Å². The average Bonchev–Trinajstić information content (AvgIpc) is 2.80. The summed E-state index contributed by atoms with van der Waals surface area (Å²) >= 11 is 0. The van der Waals surface area contributed by atoms with Gasteiger partial charge in [0, 0.05) is 25.0 Å². The summed E-state index contributed by atoms with van der Waals surface area (Å²) < 4.78 is 50.5. The molecular formula is C13H14F4N2O. The van der Waals surface area contributed by atoms with Crippen molar-refractivity contribution in [2.45, 2.75) is 24.3 Å².